The first-order chi connectivity index (χ1) is 8.11. The molecule has 0 saturated carbocycles. The minimum Gasteiger partial charge on any atom is -0.466 e. The van der Waals surface area contributed by atoms with Gasteiger partial charge in [0.15, 0.2) is 0 Å². The molecule has 0 fully saturated rings. The molecule has 102 valence electrons. The van der Waals surface area contributed by atoms with Gasteiger partial charge >= 0.3 is 5.97 Å². The standard InChI is InChI=1S/C13H27NO3/c1-4-17-13(16)8-6-5-7-9-14-12(10-15)11(2)3/h11-12,14-15H,4-10H2,1-3H3. The Morgan fingerprint density at radius 2 is 2.00 bits per heavy atom. The first-order valence-electron chi connectivity index (χ1n) is 6.61. The predicted octanol–water partition coefficient (Wildman–Crippen LogP) is 1.72. The maximum absolute atomic E-state index is 11.0. The third kappa shape index (κ3) is 9.12. The molecule has 2 N–H and O–H groups in total. The van der Waals surface area contributed by atoms with Crippen LogP contribution in [-0.4, -0.2) is 36.9 Å². The van der Waals surface area contributed by atoms with Crippen molar-refractivity contribution in [3.8, 4) is 0 Å². The Kier molecular flexibility index (Phi) is 10.2. The number of hydrogen-bond acceptors (Lipinski definition) is 4. The molecule has 0 aromatic rings. The Balaban J connectivity index is 3.37. The van der Waals surface area contributed by atoms with Crippen molar-refractivity contribution in [1.29, 1.82) is 0 Å². The van der Waals surface area contributed by atoms with Gasteiger partial charge in [-0.1, -0.05) is 20.3 Å². The van der Waals surface area contributed by atoms with E-state index in [2.05, 4.69) is 19.2 Å². The van der Waals surface area contributed by atoms with Gasteiger partial charge in [-0.15, -0.1) is 0 Å². The van der Waals surface area contributed by atoms with Crippen molar-refractivity contribution in [2.24, 2.45) is 5.92 Å². The third-order valence-electron chi connectivity index (χ3n) is 2.77. The lowest BCUT2D eigenvalue weighted by molar-refractivity contribution is -0.143. The maximum atomic E-state index is 11.0. The molecule has 0 aliphatic heterocycles. The fourth-order valence-electron chi connectivity index (χ4n) is 1.60. The highest BCUT2D eigenvalue weighted by atomic mass is 16.5. The molecule has 0 aliphatic carbocycles. The number of hydrogen-bond donors (Lipinski definition) is 2. The van der Waals surface area contributed by atoms with E-state index in [0.29, 0.717) is 18.9 Å². The zero-order valence-corrected chi connectivity index (χ0v) is 11.4. The zero-order chi connectivity index (χ0) is 13.1. The molecule has 0 aliphatic rings. The molecule has 17 heavy (non-hydrogen) atoms. The average molecular weight is 245 g/mol. The number of ether oxygens (including phenoxy) is 1. The van der Waals surface area contributed by atoms with Crippen LogP contribution in [0.1, 0.15) is 46.5 Å². The van der Waals surface area contributed by atoms with Gasteiger partial charge in [0, 0.05) is 12.5 Å². The monoisotopic (exact) mass is 245 g/mol. The molecule has 4 nitrogen and oxygen atoms in total. The lowest BCUT2D eigenvalue weighted by atomic mass is 10.1. The summed E-state index contributed by atoms with van der Waals surface area (Å²) in [4.78, 5) is 11.0. The van der Waals surface area contributed by atoms with E-state index in [1.807, 2.05) is 6.92 Å². The molecule has 4 heteroatoms. The highest BCUT2D eigenvalue weighted by molar-refractivity contribution is 5.69. The van der Waals surface area contributed by atoms with E-state index in [-0.39, 0.29) is 18.6 Å². The lowest BCUT2D eigenvalue weighted by Crippen LogP contribution is -2.37. The van der Waals surface area contributed by atoms with Gasteiger partial charge in [-0.05, 0) is 32.2 Å². The molecule has 0 spiro atoms. The number of esters is 1. The minimum absolute atomic E-state index is 0.101. The Hall–Kier alpha value is -0.610. The number of unbranched alkanes of at least 4 members (excludes halogenated alkanes) is 2. The molecule has 0 rings (SSSR count). The van der Waals surface area contributed by atoms with Gasteiger partial charge in [-0.25, -0.2) is 0 Å². The Morgan fingerprint density at radius 3 is 2.53 bits per heavy atom. The van der Waals surface area contributed by atoms with E-state index in [1.54, 1.807) is 0 Å². The normalized spacial score (nSPS) is 12.8. The first-order valence-corrected chi connectivity index (χ1v) is 6.61. The number of rotatable bonds is 10. The summed E-state index contributed by atoms with van der Waals surface area (Å²) in [6.45, 7) is 7.55. The van der Waals surface area contributed by atoms with Crippen LogP contribution < -0.4 is 5.32 Å². The molecule has 0 bridgehead atoms. The van der Waals surface area contributed by atoms with Gasteiger partial charge in [-0.2, -0.15) is 0 Å². The van der Waals surface area contributed by atoms with Gasteiger partial charge in [0.05, 0.1) is 13.2 Å². The second-order valence-electron chi connectivity index (χ2n) is 4.60. The predicted molar refractivity (Wildman–Crippen MR) is 68.8 cm³/mol. The van der Waals surface area contributed by atoms with E-state index in [0.717, 1.165) is 25.8 Å². The van der Waals surface area contributed by atoms with Crippen molar-refractivity contribution in [1.82, 2.24) is 5.32 Å². The third-order valence-corrected chi connectivity index (χ3v) is 2.77. The van der Waals surface area contributed by atoms with Crippen molar-refractivity contribution in [2.75, 3.05) is 19.8 Å². The Labute approximate surface area is 105 Å². The van der Waals surface area contributed by atoms with Gasteiger partial charge < -0.3 is 15.2 Å². The molecular weight excluding hydrogens is 218 g/mol. The largest absolute Gasteiger partial charge is 0.466 e. The van der Waals surface area contributed by atoms with Gasteiger partial charge in [0.2, 0.25) is 0 Å². The highest BCUT2D eigenvalue weighted by Gasteiger charge is 2.10. The van der Waals surface area contributed by atoms with Crippen molar-refractivity contribution in [2.45, 2.75) is 52.5 Å². The first kappa shape index (κ1) is 16.4. The van der Waals surface area contributed by atoms with E-state index < -0.39 is 0 Å². The molecule has 0 heterocycles. The molecule has 1 unspecified atom stereocenters. The summed E-state index contributed by atoms with van der Waals surface area (Å²) in [6.07, 6.45) is 3.44. The molecule has 0 radical (unpaired) electrons. The molecule has 0 aromatic carbocycles. The summed E-state index contributed by atoms with van der Waals surface area (Å²) in [5.41, 5.74) is 0. The topological polar surface area (TPSA) is 58.6 Å². The van der Waals surface area contributed by atoms with Crippen molar-refractivity contribution >= 4 is 5.97 Å². The zero-order valence-electron chi connectivity index (χ0n) is 11.4. The minimum atomic E-state index is -0.101. The number of nitrogens with one attached hydrogen (secondary N) is 1. The van der Waals surface area contributed by atoms with Crippen molar-refractivity contribution in [3.05, 3.63) is 0 Å². The van der Waals surface area contributed by atoms with Crippen LogP contribution in [-0.2, 0) is 9.53 Å². The van der Waals surface area contributed by atoms with Crippen LogP contribution in [0.2, 0.25) is 0 Å². The Morgan fingerprint density at radius 1 is 1.29 bits per heavy atom. The van der Waals surface area contributed by atoms with Crippen LogP contribution in [0.3, 0.4) is 0 Å². The summed E-state index contributed by atoms with van der Waals surface area (Å²) < 4.78 is 4.85. The summed E-state index contributed by atoms with van der Waals surface area (Å²) in [5.74, 6) is 0.343. The van der Waals surface area contributed by atoms with Crippen LogP contribution in [0.4, 0.5) is 0 Å². The summed E-state index contributed by atoms with van der Waals surface area (Å²) in [5, 5.41) is 12.4. The molecule has 1 atom stereocenters. The van der Waals surface area contributed by atoms with Crippen LogP contribution in [0.15, 0.2) is 0 Å². The number of carbonyl (C=O) groups excluding carboxylic acids is 1. The number of carbonyl (C=O) groups is 1. The van der Waals surface area contributed by atoms with E-state index >= 15 is 0 Å². The lowest BCUT2D eigenvalue weighted by Gasteiger charge is -2.19. The van der Waals surface area contributed by atoms with Gasteiger partial charge in [0.25, 0.3) is 0 Å². The quantitative estimate of drug-likeness (QED) is 0.454. The highest BCUT2D eigenvalue weighted by Crippen LogP contribution is 2.03. The summed E-state index contributed by atoms with van der Waals surface area (Å²) in [6, 6.07) is 0.181. The van der Waals surface area contributed by atoms with Gasteiger partial charge in [0.1, 0.15) is 0 Å². The van der Waals surface area contributed by atoms with Crippen LogP contribution >= 0.6 is 0 Å². The molecule has 0 amide bonds. The van der Waals surface area contributed by atoms with E-state index in [1.165, 1.54) is 0 Å². The fraction of sp³-hybridized carbons (Fsp3) is 0.923. The van der Waals surface area contributed by atoms with Crippen molar-refractivity contribution < 1.29 is 14.6 Å². The molecule has 0 saturated heterocycles. The van der Waals surface area contributed by atoms with Crippen LogP contribution in [0.5, 0.6) is 0 Å². The van der Waals surface area contributed by atoms with E-state index in [4.69, 9.17) is 9.84 Å². The van der Waals surface area contributed by atoms with Crippen LogP contribution in [0.25, 0.3) is 0 Å². The fourth-order valence-corrected chi connectivity index (χ4v) is 1.60. The Bertz CT molecular complexity index is 195. The molecular formula is C13H27NO3. The second-order valence-corrected chi connectivity index (χ2v) is 4.60. The summed E-state index contributed by atoms with van der Waals surface area (Å²) >= 11 is 0. The SMILES string of the molecule is CCOC(=O)CCCCCNC(CO)C(C)C. The smallest absolute Gasteiger partial charge is 0.305 e. The second kappa shape index (κ2) is 10.5. The van der Waals surface area contributed by atoms with Crippen molar-refractivity contribution in [3.63, 3.8) is 0 Å². The van der Waals surface area contributed by atoms with E-state index in [9.17, 15) is 4.79 Å². The number of aliphatic hydroxyl groups is 1. The molecule has 0 aromatic heterocycles. The maximum Gasteiger partial charge on any atom is 0.305 e. The van der Waals surface area contributed by atoms with Gasteiger partial charge in [-0.3, -0.25) is 4.79 Å². The number of aliphatic hydroxyl groups excluding tert-OH is 1. The van der Waals surface area contributed by atoms with Crippen LogP contribution in [0, 0.1) is 5.92 Å². The summed E-state index contributed by atoms with van der Waals surface area (Å²) in [7, 11) is 0. The average Bonchev–Trinajstić information content (AvgIpc) is 2.28.